The van der Waals surface area contributed by atoms with E-state index in [-0.39, 0.29) is 5.82 Å². The minimum atomic E-state index is -0.0734. The fraction of sp³-hybridized carbons (Fsp3) is 0.429. The Morgan fingerprint density at radius 1 is 1.38 bits per heavy atom. The van der Waals surface area contributed by atoms with Gasteiger partial charge in [0.15, 0.2) is 0 Å². The van der Waals surface area contributed by atoms with Crippen LogP contribution in [0.2, 0.25) is 0 Å². The minimum absolute atomic E-state index is 0.0734. The first-order valence-corrected chi connectivity index (χ1v) is 5.71. The van der Waals surface area contributed by atoms with Crippen molar-refractivity contribution in [1.29, 1.82) is 0 Å². The van der Waals surface area contributed by atoms with Gasteiger partial charge in [0.05, 0.1) is 0 Å². The summed E-state index contributed by atoms with van der Waals surface area (Å²) in [6.45, 7) is 2.96. The Balaban J connectivity index is 1.80. The first-order valence-electron chi connectivity index (χ1n) is 5.71. The molecule has 0 N–H and O–H groups in total. The van der Waals surface area contributed by atoms with Gasteiger partial charge < -0.3 is 4.90 Å². The Kier molecular flexibility index (Phi) is 3.58. The van der Waals surface area contributed by atoms with Crippen LogP contribution in [-0.2, 0) is 0 Å². The molecule has 0 radical (unpaired) electrons. The third-order valence-electron chi connectivity index (χ3n) is 3.10. The van der Waals surface area contributed by atoms with E-state index in [0.29, 0.717) is 5.92 Å². The van der Waals surface area contributed by atoms with Crippen molar-refractivity contribution >= 4 is 0 Å². The van der Waals surface area contributed by atoms with Crippen LogP contribution < -0.4 is 0 Å². The number of benzene rings is 1. The fourth-order valence-corrected chi connectivity index (χ4v) is 2.16. The number of rotatable bonds is 4. The Morgan fingerprint density at radius 2 is 2.12 bits per heavy atom. The zero-order valence-corrected chi connectivity index (χ0v) is 9.32. The van der Waals surface area contributed by atoms with Gasteiger partial charge in [-0.2, -0.15) is 0 Å². The smallest absolute Gasteiger partial charge is 0.126 e. The summed E-state index contributed by atoms with van der Waals surface area (Å²) in [7, 11) is 0. The summed E-state index contributed by atoms with van der Waals surface area (Å²) in [6, 6.07) is 7.07. The van der Waals surface area contributed by atoms with E-state index < -0.39 is 0 Å². The average Bonchev–Trinajstić information content (AvgIpc) is 2.23. The second-order valence-electron chi connectivity index (χ2n) is 4.29. The van der Waals surface area contributed by atoms with Crippen LogP contribution in [0, 0.1) is 18.2 Å². The Labute approximate surface area is 96.3 Å². The van der Waals surface area contributed by atoms with Crippen LogP contribution in [-0.4, -0.2) is 24.5 Å². The highest BCUT2D eigenvalue weighted by Gasteiger charge is 2.28. The number of terminal acetylenes is 1. The van der Waals surface area contributed by atoms with E-state index in [1.54, 1.807) is 6.07 Å². The molecule has 1 heterocycles. The first-order chi connectivity index (χ1) is 7.81. The normalized spacial score (nSPS) is 16.8. The predicted molar refractivity (Wildman–Crippen MR) is 63.6 cm³/mol. The standard InChI is InChI=1S/C14H16FN/c1-2-3-6-9-16-10-12(11-16)13-7-4-5-8-14(13)15/h1,4-5,7-8,12H,3,6,9-11H2. The van der Waals surface area contributed by atoms with Gasteiger partial charge in [0.2, 0.25) is 0 Å². The molecule has 1 aliphatic heterocycles. The Hall–Kier alpha value is -1.33. The first kappa shape index (κ1) is 11.2. The van der Waals surface area contributed by atoms with Crippen molar-refractivity contribution in [2.75, 3.05) is 19.6 Å². The maximum atomic E-state index is 13.4. The van der Waals surface area contributed by atoms with Crippen LogP contribution in [0.25, 0.3) is 0 Å². The van der Waals surface area contributed by atoms with E-state index in [9.17, 15) is 4.39 Å². The molecule has 1 fully saturated rings. The highest BCUT2D eigenvalue weighted by Crippen LogP contribution is 2.28. The van der Waals surface area contributed by atoms with Crippen molar-refractivity contribution < 1.29 is 4.39 Å². The molecule has 2 heteroatoms. The SMILES string of the molecule is C#CCCCN1CC(c2ccccc2F)C1. The van der Waals surface area contributed by atoms with Gasteiger partial charge in [-0.25, -0.2) is 4.39 Å². The molecule has 1 saturated heterocycles. The lowest BCUT2D eigenvalue weighted by atomic mass is 9.91. The molecule has 1 aromatic carbocycles. The molecule has 16 heavy (non-hydrogen) atoms. The number of hydrogen-bond donors (Lipinski definition) is 0. The zero-order chi connectivity index (χ0) is 11.4. The van der Waals surface area contributed by atoms with Crippen LogP contribution in [0.15, 0.2) is 24.3 Å². The third kappa shape index (κ3) is 2.43. The number of halogens is 1. The van der Waals surface area contributed by atoms with Crippen LogP contribution in [0.4, 0.5) is 4.39 Å². The molecule has 84 valence electrons. The molecule has 0 atom stereocenters. The topological polar surface area (TPSA) is 3.24 Å². The summed E-state index contributed by atoms with van der Waals surface area (Å²) in [6.07, 6.45) is 7.07. The molecule has 1 aliphatic rings. The largest absolute Gasteiger partial charge is 0.302 e. The van der Waals surface area contributed by atoms with Crippen LogP contribution >= 0.6 is 0 Å². The quantitative estimate of drug-likeness (QED) is 0.553. The van der Waals surface area contributed by atoms with Gasteiger partial charge in [0.1, 0.15) is 5.82 Å². The summed E-state index contributed by atoms with van der Waals surface area (Å²) in [5, 5.41) is 0. The molecule has 0 bridgehead atoms. The van der Waals surface area contributed by atoms with E-state index in [0.717, 1.165) is 38.0 Å². The monoisotopic (exact) mass is 217 g/mol. The molecule has 1 nitrogen and oxygen atoms in total. The second-order valence-corrected chi connectivity index (χ2v) is 4.29. The van der Waals surface area contributed by atoms with E-state index in [1.807, 2.05) is 12.1 Å². The van der Waals surface area contributed by atoms with E-state index >= 15 is 0 Å². The number of unbranched alkanes of at least 4 members (excludes halogenated alkanes) is 1. The van der Waals surface area contributed by atoms with Gasteiger partial charge in [-0.15, -0.1) is 12.3 Å². The number of hydrogen-bond acceptors (Lipinski definition) is 1. The molecular formula is C14H16FN. The second kappa shape index (κ2) is 5.14. The van der Waals surface area contributed by atoms with Gasteiger partial charge in [0.25, 0.3) is 0 Å². The summed E-state index contributed by atoms with van der Waals surface area (Å²) in [5.74, 6) is 2.93. The van der Waals surface area contributed by atoms with Crippen molar-refractivity contribution in [2.24, 2.45) is 0 Å². The summed E-state index contributed by atoms with van der Waals surface area (Å²) >= 11 is 0. The minimum Gasteiger partial charge on any atom is -0.302 e. The zero-order valence-electron chi connectivity index (χ0n) is 9.32. The van der Waals surface area contributed by atoms with Crippen LogP contribution in [0.5, 0.6) is 0 Å². The van der Waals surface area contributed by atoms with Crippen molar-refractivity contribution in [3.05, 3.63) is 35.6 Å². The highest BCUT2D eigenvalue weighted by molar-refractivity contribution is 5.24. The molecule has 1 aromatic rings. The van der Waals surface area contributed by atoms with Crippen LogP contribution in [0.1, 0.15) is 24.3 Å². The predicted octanol–water partition coefficient (Wildman–Crippen LogP) is 2.64. The average molecular weight is 217 g/mol. The van der Waals surface area contributed by atoms with E-state index in [4.69, 9.17) is 6.42 Å². The lowest BCUT2D eigenvalue weighted by Gasteiger charge is -2.39. The van der Waals surface area contributed by atoms with Crippen molar-refractivity contribution in [3.8, 4) is 12.3 Å². The fourth-order valence-electron chi connectivity index (χ4n) is 2.16. The number of likely N-dealkylation sites (tertiary alicyclic amines) is 1. The third-order valence-corrected chi connectivity index (χ3v) is 3.10. The van der Waals surface area contributed by atoms with E-state index in [2.05, 4.69) is 10.8 Å². The maximum absolute atomic E-state index is 13.4. The molecule has 2 rings (SSSR count). The Bertz CT molecular complexity index is 388. The van der Waals surface area contributed by atoms with Crippen molar-refractivity contribution in [1.82, 2.24) is 4.90 Å². The lowest BCUT2D eigenvalue weighted by Crippen LogP contribution is -2.45. The van der Waals surface area contributed by atoms with Gasteiger partial charge in [-0.1, -0.05) is 18.2 Å². The maximum Gasteiger partial charge on any atom is 0.126 e. The summed E-state index contributed by atoms with van der Waals surface area (Å²) < 4.78 is 13.4. The Morgan fingerprint density at radius 3 is 2.81 bits per heavy atom. The van der Waals surface area contributed by atoms with Gasteiger partial charge in [-0.05, 0) is 24.6 Å². The number of nitrogens with zero attached hydrogens (tertiary/aromatic N) is 1. The molecule has 0 saturated carbocycles. The highest BCUT2D eigenvalue weighted by atomic mass is 19.1. The molecule has 0 unspecified atom stereocenters. The van der Waals surface area contributed by atoms with Gasteiger partial charge in [0, 0.05) is 25.4 Å². The molecule has 0 aliphatic carbocycles. The molecule has 0 spiro atoms. The molecule has 0 aromatic heterocycles. The lowest BCUT2D eigenvalue weighted by molar-refractivity contribution is 0.145. The summed E-state index contributed by atoms with van der Waals surface area (Å²) in [4.78, 5) is 2.33. The molecular weight excluding hydrogens is 201 g/mol. The molecule has 0 amide bonds. The van der Waals surface area contributed by atoms with Gasteiger partial charge in [-0.3, -0.25) is 0 Å². The van der Waals surface area contributed by atoms with Gasteiger partial charge >= 0.3 is 0 Å². The van der Waals surface area contributed by atoms with Crippen LogP contribution in [0.3, 0.4) is 0 Å². The van der Waals surface area contributed by atoms with Crippen molar-refractivity contribution in [2.45, 2.75) is 18.8 Å². The van der Waals surface area contributed by atoms with E-state index in [1.165, 1.54) is 6.07 Å². The summed E-state index contributed by atoms with van der Waals surface area (Å²) in [5.41, 5.74) is 0.857. The van der Waals surface area contributed by atoms with Crippen molar-refractivity contribution in [3.63, 3.8) is 0 Å².